The van der Waals surface area contributed by atoms with Gasteiger partial charge in [0.15, 0.2) is 0 Å². The Labute approximate surface area is 194 Å². The number of carboxylic acids is 1. The van der Waals surface area contributed by atoms with Crippen LogP contribution in [0.1, 0.15) is 31.2 Å². The van der Waals surface area contributed by atoms with Gasteiger partial charge in [0, 0.05) is 6.54 Å². The molecule has 2 aromatic carbocycles. The van der Waals surface area contributed by atoms with Crippen molar-refractivity contribution in [2.24, 2.45) is 0 Å². The lowest BCUT2D eigenvalue weighted by atomic mass is 10.1. The van der Waals surface area contributed by atoms with E-state index >= 15 is 0 Å². The fourth-order valence-corrected chi connectivity index (χ4v) is 3.80. The number of nitrogens with one attached hydrogen (secondary N) is 2. The van der Waals surface area contributed by atoms with E-state index in [-0.39, 0.29) is 17.1 Å². The largest absolute Gasteiger partial charge is 0.480 e. The van der Waals surface area contributed by atoms with Gasteiger partial charge in [-0.3, -0.25) is 9.59 Å². The van der Waals surface area contributed by atoms with E-state index in [9.17, 15) is 19.5 Å². The minimum atomic E-state index is -1.30. The van der Waals surface area contributed by atoms with Crippen LogP contribution in [0.2, 0.25) is 5.02 Å². The third-order valence-electron chi connectivity index (χ3n) is 4.56. The minimum absolute atomic E-state index is 0.155. The van der Waals surface area contributed by atoms with E-state index in [0.29, 0.717) is 4.88 Å². The maximum Gasteiger partial charge on any atom is 0.328 e. The van der Waals surface area contributed by atoms with E-state index in [1.54, 1.807) is 35.7 Å². The summed E-state index contributed by atoms with van der Waals surface area (Å²) in [5.74, 6) is -2.29. The fraction of sp³-hybridized carbons (Fsp3) is 0.125. The van der Waals surface area contributed by atoms with Crippen molar-refractivity contribution in [2.75, 3.05) is 6.54 Å². The van der Waals surface area contributed by atoms with Gasteiger partial charge in [-0.05, 0) is 41.1 Å². The molecule has 3 rings (SSSR count). The molecule has 1 atom stereocenters. The molecule has 0 unspecified atom stereocenters. The van der Waals surface area contributed by atoms with E-state index in [2.05, 4.69) is 10.6 Å². The maximum absolute atomic E-state index is 12.6. The standard InChI is InChI=1S/C24H21ClN2O4S/c25-19-14-17(9-4-8-16-6-2-1-3-7-16)11-12-18(19)22(28)27-20(24(30)31)15-26-23(29)21-10-5-13-32-21/h1-7,9-14,20H,8,15H2,(H,26,29)(H,27,28)(H,30,31)/b9-4+/t20-/m0/s1. The number of rotatable bonds is 9. The summed E-state index contributed by atoms with van der Waals surface area (Å²) < 4.78 is 0. The normalized spacial score (nSPS) is 11.8. The number of aliphatic carboxylic acids is 1. The molecule has 0 saturated heterocycles. The van der Waals surface area contributed by atoms with Crippen molar-refractivity contribution in [1.29, 1.82) is 0 Å². The monoisotopic (exact) mass is 468 g/mol. The minimum Gasteiger partial charge on any atom is -0.480 e. The van der Waals surface area contributed by atoms with E-state index in [0.717, 1.165) is 12.0 Å². The van der Waals surface area contributed by atoms with Crippen LogP contribution in [0.4, 0.5) is 0 Å². The predicted octanol–water partition coefficient (Wildman–Crippen LogP) is 4.27. The zero-order valence-electron chi connectivity index (χ0n) is 17.0. The summed E-state index contributed by atoms with van der Waals surface area (Å²) in [5, 5.41) is 16.3. The first-order valence-electron chi connectivity index (χ1n) is 9.79. The second kappa shape index (κ2) is 11.3. The lowest BCUT2D eigenvalue weighted by Crippen LogP contribution is -2.48. The van der Waals surface area contributed by atoms with Gasteiger partial charge in [-0.1, -0.05) is 66.2 Å². The summed E-state index contributed by atoms with van der Waals surface area (Å²) in [4.78, 5) is 36.6. The summed E-state index contributed by atoms with van der Waals surface area (Å²) in [5.41, 5.74) is 2.15. The molecule has 0 saturated carbocycles. The molecule has 0 bridgehead atoms. The number of allylic oxidation sites excluding steroid dienone is 1. The molecule has 0 aliphatic heterocycles. The molecule has 3 aromatic rings. The third kappa shape index (κ3) is 6.54. The van der Waals surface area contributed by atoms with Gasteiger partial charge < -0.3 is 15.7 Å². The fourth-order valence-electron chi connectivity index (χ4n) is 2.89. The van der Waals surface area contributed by atoms with Crippen molar-refractivity contribution in [3.8, 4) is 0 Å². The van der Waals surface area contributed by atoms with Gasteiger partial charge in [-0.2, -0.15) is 0 Å². The molecule has 32 heavy (non-hydrogen) atoms. The average molecular weight is 469 g/mol. The average Bonchev–Trinajstić information content (AvgIpc) is 3.32. The highest BCUT2D eigenvalue weighted by Gasteiger charge is 2.23. The smallest absolute Gasteiger partial charge is 0.328 e. The van der Waals surface area contributed by atoms with Gasteiger partial charge in [0.05, 0.1) is 15.5 Å². The Bertz CT molecular complexity index is 1110. The molecule has 0 aliphatic carbocycles. The Hall–Kier alpha value is -3.42. The topological polar surface area (TPSA) is 95.5 Å². The van der Waals surface area contributed by atoms with Crippen LogP contribution in [-0.4, -0.2) is 35.5 Å². The Balaban J connectivity index is 1.60. The van der Waals surface area contributed by atoms with Crippen molar-refractivity contribution in [3.63, 3.8) is 0 Å². The van der Waals surface area contributed by atoms with Gasteiger partial charge in [0.2, 0.25) is 0 Å². The molecule has 1 aromatic heterocycles. The lowest BCUT2D eigenvalue weighted by Gasteiger charge is -2.16. The second-order valence-electron chi connectivity index (χ2n) is 6.88. The number of carbonyl (C=O) groups is 3. The number of hydrogen-bond acceptors (Lipinski definition) is 4. The highest BCUT2D eigenvalue weighted by atomic mass is 35.5. The third-order valence-corrected chi connectivity index (χ3v) is 5.74. The molecule has 0 aliphatic rings. The lowest BCUT2D eigenvalue weighted by molar-refractivity contribution is -0.139. The van der Waals surface area contributed by atoms with Crippen molar-refractivity contribution >= 4 is 46.8 Å². The van der Waals surface area contributed by atoms with Crippen LogP contribution in [0, 0.1) is 0 Å². The van der Waals surface area contributed by atoms with Gasteiger partial charge in [0.25, 0.3) is 11.8 Å². The molecular weight excluding hydrogens is 448 g/mol. The predicted molar refractivity (Wildman–Crippen MR) is 126 cm³/mol. The first-order chi connectivity index (χ1) is 15.4. The number of halogens is 1. The second-order valence-corrected chi connectivity index (χ2v) is 8.24. The van der Waals surface area contributed by atoms with E-state index in [1.165, 1.54) is 16.9 Å². The van der Waals surface area contributed by atoms with Crippen LogP contribution in [-0.2, 0) is 11.2 Å². The molecule has 6 nitrogen and oxygen atoms in total. The number of thiophene rings is 1. The van der Waals surface area contributed by atoms with Gasteiger partial charge in [0.1, 0.15) is 6.04 Å². The Kier molecular flexibility index (Phi) is 8.19. The van der Waals surface area contributed by atoms with Crippen LogP contribution in [0.15, 0.2) is 72.1 Å². The zero-order valence-corrected chi connectivity index (χ0v) is 18.5. The maximum atomic E-state index is 12.6. The van der Waals surface area contributed by atoms with Gasteiger partial charge >= 0.3 is 5.97 Å². The molecule has 0 spiro atoms. The van der Waals surface area contributed by atoms with E-state index < -0.39 is 23.8 Å². The quantitative estimate of drug-likeness (QED) is 0.437. The van der Waals surface area contributed by atoms with Crippen molar-refractivity contribution in [3.05, 3.63) is 98.7 Å². The van der Waals surface area contributed by atoms with Crippen LogP contribution in [0.25, 0.3) is 6.08 Å². The number of benzene rings is 2. The first-order valence-corrected chi connectivity index (χ1v) is 11.0. The summed E-state index contributed by atoms with van der Waals surface area (Å²) in [6.07, 6.45) is 4.66. The van der Waals surface area contributed by atoms with Crippen LogP contribution in [0.5, 0.6) is 0 Å². The highest BCUT2D eigenvalue weighted by Crippen LogP contribution is 2.19. The number of carbonyl (C=O) groups excluding carboxylic acids is 2. The molecule has 0 fully saturated rings. The Morgan fingerprint density at radius 2 is 1.81 bits per heavy atom. The van der Waals surface area contributed by atoms with Crippen LogP contribution in [0.3, 0.4) is 0 Å². The molecule has 2 amide bonds. The van der Waals surface area contributed by atoms with Crippen LogP contribution < -0.4 is 10.6 Å². The molecule has 8 heteroatoms. The summed E-state index contributed by atoms with van der Waals surface area (Å²) in [6, 6.07) is 17.0. The van der Waals surface area contributed by atoms with E-state index in [1.807, 2.05) is 42.5 Å². The number of hydrogen-bond donors (Lipinski definition) is 3. The van der Waals surface area contributed by atoms with Crippen molar-refractivity contribution in [2.45, 2.75) is 12.5 Å². The highest BCUT2D eigenvalue weighted by molar-refractivity contribution is 7.12. The Morgan fingerprint density at radius 1 is 1.03 bits per heavy atom. The molecule has 0 radical (unpaired) electrons. The van der Waals surface area contributed by atoms with Crippen molar-refractivity contribution < 1.29 is 19.5 Å². The summed E-state index contributed by atoms with van der Waals surface area (Å²) >= 11 is 7.51. The SMILES string of the molecule is O=C(NC[C@H](NC(=O)c1ccc(/C=C/Cc2ccccc2)cc1Cl)C(=O)O)c1cccs1. The van der Waals surface area contributed by atoms with E-state index in [4.69, 9.17) is 11.6 Å². The van der Waals surface area contributed by atoms with Gasteiger partial charge in [-0.15, -0.1) is 11.3 Å². The molecular formula is C24H21ClN2O4S. The molecule has 1 heterocycles. The summed E-state index contributed by atoms with van der Waals surface area (Å²) in [7, 11) is 0. The van der Waals surface area contributed by atoms with Gasteiger partial charge in [-0.25, -0.2) is 4.79 Å². The van der Waals surface area contributed by atoms with Crippen LogP contribution >= 0.6 is 22.9 Å². The van der Waals surface area contributed by atoms with Crippen molar-refractivity contribution in [1.82, 2.24) is 10.6 Å². The molecule has 3 N–H and O–H groups in total. The number of carboxylic acid groups (broad SMARTS) is 1. The summed E-state index contributed by atoms with van der Waals surface area (Å²) in [6.45, 7) is -0.254. The zero-order chi connectivity index (χ0) is 22.9. The molecule has 164 valence electrons. The number of amides is 2. The Morgan fingerprint density at radius 3 is 2.47 bits per heavy atom. The first kappa shape index (κ1) is 23.2.